The fraction of sp³-hybridized carbons (Fsp3) is 0.417. The van der Waals surface area contributed by atoms with Crippen molar-refractivity contribution in [1.82, 2.24) is 0 Å². The summed E-state index contributed by atoms with van der Waals surface area (Å²) in [6.45, 7) is 1.43. The van der Waals surface area contributed by atoms with Crippen molar-refractivity contribution in [2.24, 2.45) is 0 Å². The number of ether oxygens (including phenoxy) is 1. The van der Waals surface area contributed by atoms with E-state index in [1.165, 1.54) is 24.3 Å². The van der Waals surface area contributed by atoms with Gasteiger partial charge in [0, 0.05) is 6.61 Å². The second kappa shape index (κ2) is 7.11. The molecule has 1 aromatic carbocycles. The van der Waals surface area contributed by atoms with Crippen LogP contribution in [0, 0.1) is 0 Å². The number of hydrogen-bond donors (Lipinski definition) is 2. The quantitative estimate of drug-likeness (QED) is 0.683. The maximum Gasteiger partial charge on any atom is 0.324 e. The lowest BCUT2D eigenvalue weighted by Gasteiger charge is -2.22. The zero-order valence-electron chi connectivity index (χ0n) is 11.0. The molecule has 7 nitrogen and oxygen atoms in total. The van der Waals surface area contributed by atoms with Gasteiger partial charge in [-0.1, -0.05) is 0 Å². The molecule has 0 aliphatic rings. The number of phenolic OH excluding ortho intramolecular Hbond substituents is 1. The molecular formula is C12H17NO6S. The summed E-state index contributed by atoms with van der Waals surface area (Å²) >= 11 is 0. The maximum absolute atomic E-state index is 12.1. The van der Waals surface area contributed by atoms with E-state index in [0.717, 1.165) is 4.31 Å². The number of phenols is 1. The van der Waals surface area contributed by atoms with Crippen LogP contribution in [0.2, 0.25) is 0 Å². The van der Waals surface area contributed by atoms with Gasteiger partial charge in [0.2, 0.25) is 10.0 Å². The van der Waals surface area contributed by atoms with Crippen molar-refractivity contribution in [3.8, 4) is 5.75 Å². The van der Waals surface area contributed by atoms with Crippen molar-refractivity contribution < 1.29 is 28.2 Å². The zero-order chi connectivity index (χ0) is 15.2. The normalized spacial score (nSPS) is 11.2. The summed E-state index contributed by atoms with van der Waals surface area (Å²) in [5.74, 6) is -1.61. The van der Waals surface area contributed by atoms with Crippen LogP contribution in [0.3, 0.4) is 0 Å². The summed E-state index contributed by atoms with van der Waals surface area (Å²) in [4.78, 5) is 10.8. The van der Waals surface area contributed by atoms with Crippen molar-refractivity contribution in [3.05, 3.63) is 24.3 Å². The van der Waals surface area contributed by atoms with Crippen LogP contribution in [0.5, 0.6) is 5.75 Å². The first kappa shape index (κ1) is 16.3. The minimum absolute atomic E-state index is 0.00691. The van der Waals surface area contributed by atoms with Gasteiger partial charge in [0.15, 0.2) is 0 Å². The Bertz CT molecular complexity index is 540. The molecule has 0 saturated carbocycles. The van der Waals surface area contributed by atoms with Crippen LogP contribution in [0.25, 0.3) is 0 Å². The van der Waals surface area contributed by atoms with E-state index >= 15 is 0 Å². The van der Waals surface area contributed by atoms with Crippen LogP contribution in [-0.2, 0) is 19.6 Å². The molecule has 0 amide bonds. The Kier molecular flexibility index (Phi) is 5.78. The predicted molar refractivity (Wildman–Crippen MR) is 73.4 cm³/mol. The summed E-state index contributed by atoms with van der Waals surface area (Å²) in [5.41, 5.74) is 0.182. The van der Waals surface area contributed by atoms with Crippen LogP contribution in [0.1, 0.15) is 6.92 Å². The molecule has 0 aliphatic heterocycles. The number of anilines is 1. The predicted octanol–water partition coefficient (Wildman–Crippen LogP) is 0.649. The lowest BCUT2D eigenvalue weighted by molar-refractivity contribution is -0.135. The highest BCUT2D eigenvalue weighted by atomic mass is 32.2. The van der Waals surface area contributed by atoms with Gasteiger partial charge in [-0.25, -0.2) is 8.42 Å². The molecule has 20 heavy (non-hydrogen) atoms. The molecule has 1 aromatic rings. The fourth-order valence-corrected chi connectivity index (χ4v) is 2.81. The number of rotatable bonds is 8. The first-order valence-corrected chi connectivity index (χ1v) is 7.56. The van der Waals surface area contributed by atoms with Crippen LogP contribution in [-0.4, -0.2) is 50.1 Å². The Balaban J connectivity index is 2.99. The molecule has 2 N–H and O–H groups in total. The Morgan fingerprint density at radius 1 is 1.30 bits per heavy atom. The second-order valence-electron chi connectivity index (χ2n) is 3.93. The van der Waals surface area contributed by atoms with E-state index in [2.05, 4.69) is 0 Å². The minimum atomic E-state index is -3.81. The standard InChI is InChI=1S/C12H17NO6S/c1-2-19-7-8-20(17,18)13(9-12(15)16)10-3-5-11(14)6-4-10/h3-6,14H,2,7-9H2,1H3,(H,15,16). The van der Waals surface area contributed by atoms with Gasteiger partial charge in [-0.3, -0.25) is 9.10 Å². The number of benzene rings is 1. The smallest absolute Gasteiger partial charge is 0.324 e. The number of hydrogen-bond acceptors (Lipinski definition) is 5. The molecule has 0 fully saturated rings. The van der Waals surface area contributed by atoms with E-state index in [9.17, 15) is 18.3 Å². The monoisotopic (exact) mass is 303 g/mol. The first-order chi connectivity index (χ1) is 9.36. The van der Waals surface area contributed by atoms with Crippen molar-refractivity contribution in [2.75, 3.05) is 29.8 Å². The number of sulfonamides is 1. The van der Waals surface area contributed by atoms with Crippen molar-refractivity contribution >= 4 is 21.7 Å². The lowest BCUT2D eigenvalue weighted by Crippen LogP contribution is -2.38. The Labute approximate surface area is 117 Å². The topological polar surface area (TPSA) is 104 Å². The van der Waals surface area contributed by atoms with Crippen molar-refractivity contribution in [1.29, 1.82) is 0 Å². The number of carbonyl (C=O) groups is 1. The van der Waals surface area contributed by atoms with E-state index in [1.807, 2.05) is 0 Å². The van der Waals surface area contributed by atoms with Crippen LogP contribution < -0.4 is 4.31 Å². The minimum Gasteiger partial charge on any atom is -0.508 e. The highest BCUT2D eigenvalue weighted by molar-refractivity contribution is 7.92. The summed E-state index contributed by atoms with van der Waals surface area (Å²) in [7, 11) is -3.81. The molecule has 8 heteroatoms. The van der Waals surface area contributed by atoms with Gasteiger partial charge in [0.05, 0.1) is 18.0 Å². The Morgan fingerprint density at radius 2 is 1.90 bits per heavy atom. The molecular weight excluding hydrogens is 286 g/mol. The zero-order valence-corrected chi connectivity index (χ0v) is 11.8. The Morgan fingerprint density at radius 3 is 2.40 bits per heavy atom. The number of aromatic hydroxyl groups is 1. The van der Waals surface area contributed by atoms with Gasteiger partial charge in [-0.15, -0.1) is 0 Å². The number of aliphatic carboxylic acids is 1. The Hall–Kier alpha value is -1.80. The fourth-order valence-electron chi connectivity index (χ4n) is 1.51. The van der Waals surface area contributed by atoms with Crippen LogP contribution in [0.4, 0.5) is 5.69 Å². The average molecular weight is 303 g/mol. The van der Waals surface area contributed by atoms with E-state index in [1.54, 1.807) is 6.92 Å². The highest BCUT2D eigenvalue weighted by Crippen LogP contribution is 2.21. The van der Waals surface area contributed by atoms with Crippen molar-refractivity contribution in [3.63, 3.8) is 0 Å². The summed E-state index contributed by atoms with van der Waals surface area (Å²) in [5, 5.41) is 18.0. The molecule has 0 unspecified atom stereocenters. The maximum atomic E-state index is 12.1. The SMILES string of the molecule is CCOCCS(=O)(=O)N(CC(=O)O)c1ccc(O)cc1. The van der Waals surface area contributed by atoms with Crippen LogP contribution >= 0.6 is 0 Å². The van der Waals surface area contributed by atoms with E-state index in [4.69, 9.17) is 9.84 Å². The van der Waals surface area contributed by atoms with Gasteiger partial charge in [-0.05, 0) is 31.2 Å². The summed E-state index contributed by atoms with van der Waals surface area (Å²) in [6, 6.07) is 5.28. The highest BCUT2D eigenvalue weighted by Gasteiger charge is 2.24. The number of carboxylic acid groups (broad SMARTS) is 1. The lowest BCUT2D eigenvalue weighted by atomic mass is 10.3. The molecule has 0 heterocycles. The molecule has 0 atom stereocenters. The molecule has 1 rings (SSSR count). The third kappa shape index (κ3) is 4.71. The molecule has 0 radical (unpaired) electrons. The summed E-state index contributed by atoms with van der Waals surface area (Å²) in [6.07, 6.45) is 0. The number of nitrogens with zero attached hydrogens (tertiary/aromatic N) is 1. The van der Waals surface area contributed by atoms with E-state index in [-0.39, 0.29) is 23.8 Å². The van der Waals surface area contributed by atoms with Gasteiger partial charge in [-0.2, -0.15) is 0 Å². The van der Waals surface area contributed by atoms with Gasteiger partial charge in [0.25, 0.3) is 0 Å². The molecule has 0 saturated heterocycles. The molecule has 0 aliphatic carbocycles. The first-order valence-electron chi connectivity index (χ1n) is 5.96. The van der Waals surface area contributed by atoms with E-state index in [0.29, 0.717) is 6.61 Å². The van der Waals surface area contributed by atoms with Gasteiger partial charge in [0.1, 0.15) is 12.3 Å². The molecule has 0 spiro atoms. The largest absolute Gasteiger partial charge is 0.508 e. The average Bonchev–Trinajstić information content (AvgIpc) is 2.37. The third-order valence-corrected chi connectivity index (χ3v) is 4.14. The van der Waals surface area contributed by atoms with Gasteiger partial charge >= 0.3 is 5.97 Å². The second-order valence-corrected chi connectivity index (χ2v) is 5.94. The summed E-state index contributed by atoms with van der Waals surface area (Å²) < 4.78 is 30.1. The molecule has 112 valence electrons. The molecule has 0 aromatic heterocycles. The van der Waals surface area contributed by atoms with Crippen LogP contribution in [0.15, 0.2) is 24.3 Å². The molecule has 0 bridgehead atoms. The third-order valence-electron chi connectivity index (χ3n) is 2.44. The van der Waals surface area contributed by atoms with Gasteiger partial charge < -0.3 is 14.9 Å². The number of carboxylic acids is 1. The van der Waals surface area contributed by atoms with Crippen molar-refractivity contribution in [2.45, 2.75) is 6.92 Å². The van der Waals surface area contributed by atoms with E-state index < -0.39 is 22.5 Å².